The third kappa shape index (κ3) is 2.58. The van der Waals surface area contributed by atoms with Crippen LogP contribution in [0, 0.1) is 25.2 Å². The molecule has 2 rings (SSSR count). The fourth-order valence-corrected chi connectivity index (χ4v) is 4.07. The van der Waals surface area contributed by atoms with Gasteiger partial charge in [-0.25, -0.2) is 4.98 Å². The van der Waals surface area contributed by atoms with Crippen LogP contribution in [0.4, 0.5) is 0 Å². The fourth-order valence-electron chi connectivity index (χ4n) is 2.99. The average molecular weight is 267 g/mol. The normalized spacial score (nSPS) is 28.3. The van der Waals surface area contributed by atoms with E-state index < -0.39 is 11.4 Å². The van der Waals surface area contributed by atoms with Gasteiger partial charge < -0.3 is 5.11 Å². The van der Waals surface area contributed by atoms with Crippen molar-refractivity contribution in [3.63, 3.8) is 0 Å². The molecule has 0 spiro atoms. The van der Waals surface area contributed by atoms with Gasteiger partial charge in [-0.2, -0.15) is 0 Å². The lowest BCUT2D eigenvalue weighted by atomic mass is 9.68. The summed E-state index contributed by atoms with van der Waals surface area (Å²) < 4.78 is 0. The summed E-state index contributed by atoms with van der Waals surface area (Å²) in [7, 11) is 0. The van der Waals surface area contributed by atoms with Crippen molar-refractivity contribution < 1.29 is 9.90 Å². The summed E-state index contributed by atoms with van der Waals surface area (Å²) in [4.78, 5) is 17.4. The molecule has 0 aliphatic heterocycles. The first-order valence-corrected chi connectivity index (χ1v) is 7.41. The molecular weight excluding hydrogens is 246 g/mol. The number of carbonyl (C=O) groups is 1. The standard InChI is InChI=1S/C14H21NO2S/c1-9-5-4-6-14(7-9,13(16)17)8-12-15-10(2)11(3)18-12/h9H,4-8H2,1-3H3,(H,16,17). The molecule has 1 saturated carbocycles. The number of nitrogens with zero attached hydrogens (tertiary/aromatic N) is 1. The van der Waals surface area contributed by atoms with E-state index in [2.05, 4.69) is 11.9 Å². The molecule has 0 saturated heterocycles. The van der Waals surface area contributed by atoms with Crippen LogP contribution in [0.5, 0.6) is 0 Å². The molecule has 0 bridgehead atoms. The second kappa shape index (κ2) is 5.00. The highest BCUT2D eigenvalue weighted by Crippen LogP contribution is 2.42. The molecule has 2 atom stereocenters. The molecule has 0 radical (unpaired) electrons. The summed E-state index contributed by atoms with van der Waals surface area (Å²) in [5.74, 6) is -0.128. The molecule has 0 aromatic carbocycles. The maximum Gasteiger partial charge on any atom is 0.310 e. The zero-order valence-corrected chi connectivity index (χ0v) is 12.1. The van der Waals surface area contributed by atoms with Crippen molar-refractivity contribution in [2.75, 3.05) is 0 Å². The molecule has 1 fully saturated rings. The van der Waals surface area contributed by atoms with Gasteiger partial charge in [-0.15, -0.1) is 11.3 Å². The van der Waals surface area contributed by atoms with Crippen molar-refractivity contribution in [3.8, 4) is 0 Å². The van der Waals surface area contributed by atoms with Gasteiger partial charge in [0.05, 0.1) is 16.1 Å². The third-order valence-corrected chi connectivity index (χ3v) is 5.18. The molecule has 4 heteroatoms. The van der Waals surface area contributed by atoms with E-state index in [1.54, 1.807) is 11.3 Å². The first-order chi connectivity index (χ1) is 8.43. The summed E-state index contributed by atoms with van der Waals surface area (Å²) >= 11 is 1.65. The van der Waals surface area contributed by atoms with Gasteiger partial charge in [-0.1, -0.05) is 19.8 Å². The molecule has 18 heavy (non-hydrogen) atoms. The predicted molar refractivity (Wildman–Crippen MR) is 73.0 cm³/mol. The minimum atomic E-state index is -0.639. The smallest absolute Gasteiger partial charge is 0.310 e. The zero-order valence-electron chi connectivity index (χ0n) is 11.3. The largest absolute Gasteiger partial charge is 0.481 e. The number of thiazole rings is 1. The summed E-state index contributed by atoms with van der Waals surface area (Å²) in [6.07, 6.45) is 4.37. The number of rotatable bonds is 3. The van der Waals surface area contributed by atoms with Crippen molar-refractivity contribution in [3.05, 3.63) is 15.6 Å². The van der Waals surface area contributed by atoms with E-state index in [0.717, 1.165) is 36.4 Å². The Labute approximate surface area is 112 Å². The Morgan fingerprint density at radius 2 is 2.28 bits per heavy atom. The summed E-state index contributed by atoms with van der Waals surface area (Å²) in [5.41, 5.74) is 0.466. The minimum Gasteiger partial charge on any atom is -0.481 e. The highest BCUT2D eigenvalue weighted by molar-refractivity contribution is 7.11. The Morgan fingerprint density at radius 1 is 1.56 bits per heavy atom. The number of aryl methyl sites for hydroxylation is 2. The van der Waals surface area contributed by atoms with Crippen LogP contribution >= 0.6 is 11.3 Å². The van der Waals surface area contributed by atoms with E-state index in [1.807, 2.05) is 13.8 Å². The Bertz CT molecular complexity index is 435. The molecule has 0 amide bonds. The predicted octanol–water partition coefficient (Wildman–Crippen LogP) is 3.58. The lowest BCUT2D eigenvalue weighted by Crippen LogP contribution is -2.37. The molecule has 1 N–H and O–H groups in total. The highest BCUT2D eigenvalue weighted by atomic mass is 32.1. The monoisotopic (exact) mass is 267 g/mol. The third-order valence-electron chi connectivity index (χ3n) is 4.11. The first kappa shape index (κ1) is 13.5. The number of carboxylic acids is 1. The van der Waals surface area contributed by atoms with Crippen LogP contribution in [0.2, 0.25) is 0 Å². The second-order valence-electron chi connectivity index (χ2n) is 5.71. The lowest BCUT2D eigenvalue weighted by Gasteiger charge is -2.35. The number of hydrogen-bond donors (Lipinski definition) is 1. The van der Waals surface area contributed by atoms with Gasteiger partial charge in [0.15, 0.2) is 0 Å². The number of hydrogen-bond acceptors (Lipinski definition) is 3. The van der Waals surface area contributed by atoms with Crippen LogP contribution in [-0.4, -0.2) is 16.1 Å². The van der Waals surface area contributed by atoms with E-state index in [0.29, 0.717) is 12.3 Å². The average Bonchev–Trinajstić information content (AvgIpc) is 2.57. The fraction of sp³-hybridized carbons (Fsp3) is 0.714. The summed E-state index contributed by atoms with van der Waals surface area (Å²) in [6, 6.07) is 0. The van der Waals surface area contributed by atoms with E-state index in [9.17, 15) is 9.90 Å². The molecule has 3 nitrogen and oxygen atoms in total. The number of aromatic nitrogens is 1. The van der Waals surface area contributed by atoms with Crippen molar-refractivity contribution in [2.45, 2.75) is 52.9 Å². The SMILES string of the molecule is Cc1nc(CC2(C(=O)O)CCCC(C)C2)sc1C. The summed E-state index contributed by atoms with van der Waals surface area (Å²) in [6.45, 7) is 6.20. The highest BCUT2D eigenvalue weighted by Gasteiger charge is 2.42. The molecule has 1 aliphatic rings. The van der Waals surface area contributed by atoms with E-state index >= 15 is 0 Å². The molecule has 1 aromatic rings. The maximum absolute atomic E-state index is 11.7. The van der Waals surface area contributed by atoms with Gasteiger partial charge in [-0.3, -0.25) is 4.79 Å². The minimum absolute atomic E-state index is 0.511. The molecular formula is C14H21NO2S. The first-order valence-electron chi connectivity index (χ1n) is 6.59. The molecule has 1 aliphatic carbocycles. The van der Waals surface area contributed by atoms with Crippen molar-refractivity contribution in [1.29, 1.82) is 0 Å². The molecule has 100 valence electrons. The lowest BCUT2D eigenvalue weighted by molar-refractivity contribution is -0.152. The maximum atomic E-state index is 11.7. The van der Waals surface area contributed by atoms with Crippen LogP contribution in [0.25, 0.3) is 0 Å². The van der Waals surface area contributed by atoms with Crippen LogP contribution < -0.4 is 0 Å². The van der Waals surface area contributed by atoms with Gasteiger partial charge in [-0.05, 0) is 32.6 Å². The van der Waals surface area contributed by atoms with Gasteiger partial charge in [0.25, 0.3) is 0 Å². The Morgan fingerprint density at radius 3 is 2.78 bits per heavy atom. The van der Waals surface area contributed by atoms with Gasteiger partial charge in [0.2, 0.25) is 0 Å². The van der Waals surface area contributed by atoms with Crippen molar-refractivity contribution >= 4 is 17.3 Å². The van der Waals surface area contributed by atoms with Crippen LogP contribution in [0.15, 0.2) is 0 Å². The number of carboxylic acid groups (broad SMARTS) is 1. The summed E-state index contributed by atoms with van der Waals surface area (Å²) in [5, 5.41) is 10.6. The van der Waals surface area contributed by atoms with Gasteiger partial charge in [0, 0.05) is 11.3 Å². The van der Waals surface area contributed by atoms with Crippen LogP contribution in [-0.2, 0) is 11.2 Å². The van der Waals surface area contributed by atoms with Crippen LogP contribution in [0.1, 0.15) is 48.2 Å². The Hall–Kier alpha value is -0.900. The topological polar surface area (TPSA) is 50.2 Å². The van der Waals surface area contributed by atoms with E-state index in [1.165, 1.54) is 4.88 Å². The van der Waals surface area contributed by atoms with Crippen molar-refractivity contribution in [1.82, 2.24) is 4.98 Å². The zero-order chi connectivity index (χ0) is 13.3. The Kier molecular flexibility index (Phi) is 3.76. The molecule has 2 unspecified atom stereocenters. The van der Waals surface area contributed by atoms with Crippen molar-refractivity contribution in [2.24, 2.45) is 11.3 Å². The molecule has 1 aromatic heterocycles. The van der Waals surface area contributed by atoms with E-state index in [4.69, 9.17) is 0 Å². The van der Waals surface area contributed by atoms with Gasteiger partial charge in [0.1, 0.15) is 0 Å². The second-order valence-corrected chi connectivity index (χ2v) is 7.00. The molecule has 1 heterocycles. The quantitative estimate of drug-likeness (QED) is 0.910. The Balaban J connectivity index is 2.23. The van der Waals surface area contributed by atoms with Gasteiger partial charge >= 0.3 is 5.97 Å². The van der Waals surface area contributed by atoms with Crippen LogP contribution in [0.3, 0.4) is 0 Å². The van der Waals surface area contributed by atoms with E-state index in [-0.39, 0.29) is 0 Å². The number of aliphatic carboxylic acids is 1.